The van der Waals surface area contributed by atoms with Crippen LogP contribution in [0.1, 0.15) is 0 Å². The summed E-state index contributed by atoms with van der Waals surface area (Å²) in [6, 6.07) is 64.1. The van der Waals surface area contributed by atoms with Crippen molar-refractivity contribution in [3.63, 3.8) is 0 Å². The standard InChI is InChI=1S/C54H30BNO4/c1-6-16-43(56-44-17-7-2-12-35(44)36-13-3-8-18-45(36)56)34(11-1)33-27-41-38-15-5-10-20-47(38)60-55-42-25-22-32(29-50(42)58-51(30-33)53(41)55)31-21-23-40-49(28-31)57-48-26-24-39-37-14-4-9-19-46(37)59-54(39)52(40)48/h1-30H. The van der Waals surface area contributed by atoms with E-state index in [0.717, 1.165) is 111 Å². The van der Waals surface area contributed by atoms with Crippen LogP contribution in [0.25, 0.3) is 105 Å². The molecule has 5 heterocycles. The normalized spacial score (nSPS) is 12.9. The van der Waals surface area contributed by atoms with Crippen molar-refractivity contribution < 1.29 is 18.2 Å². The van der Waals surface area contributed by atoms with Crippen molar-refractivity contribution in [2.24, 2.45) is 0 Å². The Morgan fingerprint density at radius 2 is 1.08 bits per heavy atom. The van der Waals surface area contributed by atoms with Gasteiger partial charge < -0.3 is 22.8 Å². The first-order valence-corrected chi connectivity index (χ1v) is 20.3. The van der Waals surface area contributed by atoms with E-state index in [1.54, 1.807) is 0 Å². The molecule has 0 fully saturated rings. The first-order chi connectivity index (χ1) is 29.7. The number of furan rings is 2. The van der Waals surface area contributed by atoms with Crippen molar-refractivity contribution >= 4 is 83.5 Å². The average molecular weight is 768 g/mol. The molecule has 2 aliphatic heterocycles. The molecule has 3 aromatic heterocycles. The van der Waals surface area contributed by atoms with Gasteiger partial charge in [0.25, 0.3) is 0 Å². The number of hydrogen-bond donors (Lipinski definition) is 0. The summed E-state index contributed by atoms with van der Waals surface area (Å²) in [5.74, 6) is 2.43. The van der Waals surface area contributed by atoms with Crippen molar-refractivity contribution in [1.82, 2.24) is 4.57 Å². The Morgan fingerprint density at radius 1 is 0.400 bits per heavy atom. The molecule has 0 saturated carbocycles. The third-order valence-corrected chi connectivity index (χ3v) is 12.7. The summed E-state index contributed by atoms with van der Waals surface area (Å²) in [6.45, 7) is -0.326. The molecule has 0 amide bonds. The van der Waals surface area contributed by atoms with Gasteiger partial charge in [0.2, 0.25) is 0 Å². The van der Waals surface area contributed by atoms with Gasteiger partial charge in [0, 0.05) is 49.0 Å². The second kappa shape index (κ2) is 11.8. The molecule has 0 unspecified atom stereocenters. The molecule has 14 rings (SSSR count). The highest BCUT2D eigenvalue weighted by molar-refractivity contribution is 6.84. The second-order valence-electron chi connectivity index (χ2n) is 15.9. The van der Waals surface area contributed by atoms with Gasteiger partial charge in [-0.1, -0.05) is 109 Å². The van der Waals surface area contributed by atoms with Crippen LogP contribution in [-0.2, 0) is 0 Å². The van der Waals surface area contributed by atoms with Crippen LogP contribution in [0.2, 0.25) is 0 Å². The number of para-hydroxylation sites is 5. The lowest BCUT2D eigenvalue weighted by Crippen LogP contribution is -2.53. The first-order valence-electron chi connectivity index (χ1n) is 20.3. The molecule has 0 atom stereocenters. The minimum Gasteiger partial charge on any atom is -0.551 e. The molecule has 0 bridgehead atoms. The third kappa shape index (κ3) is 4.37. The Hall–Kier alpha value is -7.96. The molecule has 60 heavy (non-hydrogen) atoms. The van der Waals surface area contributed by atoms with E-state index in [9.17, 15) is 0 Å². The maximum absolute atomic E-state index is 7.02. The van der Waals surface area contributed by atoms with Crippen LogP contribution in [0.4, 0.5) is 0 Å². The molecular formula is C54H30BNO4. The van der Waals surface area contributed by atoms with Gasteiger partial charge in [0.1, 0.15) is 39.6 Å². The molecule has 278 valence electrons. The van der Waals surface area contributed by atoms with Crippen molar-refractivity contribution in [3.05, 3.63) is 182 Å². The number of ether oxygens (including phenoxy) is 1. The molecular weight excluding hydrogens is 737 g/mol. The number of fused-ring (bicyclic) bond motifs is 14. The predicted octanol–water partition coefficient (Wildman–Crippen LogP) is 13.2. The molecule has 0 saturated heterocycles. The van der Waals surface area contributed by atoms with E-state index in [-0.39, 0.29) is 6.92 Å². The number of benzene rings is 9. The van der Waals surface area contributed by atoms with Gasteiger partial charge in [-0.15, -0.1) is 0 Å². The fraction of sp³-hybridized carbons (Fsp3) is 0. The molecule has 0 spiro atoms. The van der Waals surface area contributed by atoms with Crippen LogP contribution in [0.15, 0.2) is 191 Å². The van der Waals surface area contributed by atoms with Crippen LogP contribution in [0, 0.1) is 0 Å². The van der Waals surface area contributed by atoms with E-state index in [0.29, 0.717) is 0 Å². The lowest BCUT2D eigenvalue weighted by atomic mass is 9.50. The fourth-order valence-electron chi connectivity index (χ4n) is 10.0. The highest BCUT2D eigenvalue weighted by Crippen LogP contribution is 2.45. The Kier molecular flexibility index (Phi) is 6.31. The van der Waals surface area contributed by atoms with Crippen LogP contribution >= 0.6 is 0 Å². The summed E-state index contributed by atoms with van der Waals surface area (Å²) in [5.41, 5.74) is 15.3. The van der Waals surface area contributed by atoms with E-state index in [1.807, 2.05) is 24.3 Å². The fourth-order valence-corrected chi connectivity index (χ4v) is 10.0. The van der Waals surface area contributed by atoms with Crippen molar-refractivity contribution in [1.29, 1.82) is 0 Å². The van der Waals surface area contributed by atoms with Crippen LogP contribution in [0.5, 0.6) is 17.2 Å². The number of hydrogen-bond acceptors (Lipinski definition) is 4. The van der Waals surface area contributed by atoms with Gasteiger partial charge in [-0.2, -0.15) is 0 Å². The van der Waals surface area contributed by atoms with E-state index in [4.69, 9.17) is 18.2 Å². The van der Waals surface area contributed by atoms with Gasteiger partial charge in [-0.05, 0) is 95.1 Å². The molecule has 9 aromatic carbocycles. The van der Waals surface area contributed by atoms with Crippen molar-refractivity contribution in [2.75, 3.05) is 0 Å². The molecule has 0 N–H and O–H groups in total. The van der Waals surface area contributed by atoms with Gasteiger partial charge in [-0.25, -0.2) is 0 Å². The lowest BCUT2D eigenvalue weighted by molar-refractivity contribution is 0.480. The smallest absolute Gasteiger partial charge is 0.434 e. The highest BCUT2D eigenvalue weighted by atomic mass is 16.5. The van der Waals surface area contributed by atoms with E-state index in [2.05, 4.69) is 162 Å². The third-order valence-electron chi connectivity index (χ3n) is 12.7. The zero-order chi connectivity index (χ0) is 39.1. The van der Waals surface area contributed by atoms with Gasteiger partial charge >= 0.3 is 6.92 Å². The quantitative estimate of drug-likeness (QED) is 0.168. The molecule has 0 aliphatic carbocycles. The Labute approximate surface area is 343 Å². The molecule has 5 nitrogen and oxygen atoms in total. The summed E-state index contributed by atoms with van der Waals surface area (Å²) >= 11 is 0. The summed E-state index contributed by atoms with van der Waals surface area (Å²) in [4.78, 5) is 0. The Bertz CT molecular complexity index is 3760. The molecule has 2 aliphatic rings. The summed E-state index contributed by atoms with van der Waals surface area (Å²) in [7, 11) is 0. The Morgan fingerprint density at radius 3 is 1.95 bits per heavy atom. The topological polar surface area (TPSA) is 49.7 Å². The minimum absolute atomic E-state index is 0.326. The maximum Gasteiger partial charge on any atom is 0.434 e. The molecule has 12 aromatic rings. The number of aromatic nitrogens is 1. The molecule has 6 heteroatoms. The van der Waals surface area contributed by atoms with Crippen LogP contribution in [0.3, 0.4) is 0 Å². The highest BCUT2D eigenvalue weighted by Gasteiger charge is 2.41. The number of rotatable bonds is 3. The van der Waals surface area contributed by atoms with Gasteiger partial charge in [0.05, 0.1) is 22.1 Å². The van der Waals surface area contributed by atoms with E-state index in [1.165, 1.54) is 21.8 Å². The minimum atomic E-state index is -0.326. The zero-order valence-electron chi connectivity index (χ0n) is 32.0. The zero-order valence-corrected chi connectivity index (χ0v) is 32.0. The second-order valence-corrected chi connectivity index (χ2v) is 15.9. The molecule has 0 radical (unpaired) electrons. The van der Waals surface area contributed by atoms with Gasteiger partial charge in [-0.3, -0.25) is 0 Å². The van der Waals surface area contributed by atoms with Crippen molar-refractivity contribution in [3.8, 4) is 56.3 Å². The Balaban J connectivity index is 0.920. The SMILES string of the molecule is c1ccc2c(c1)OB1c3ccc(-c4ccc5c(c4)oc4ccc6c7ccccc7oc6c45)cc3Oc3cc(-c4ccccc4-n4c5ccccc5c5ccccc54)cc-2c31. The van der Waals surface area contributed by atoms with Gasteiger partial charge in [0.15, 0.2) is 0 Å². The van der Waals surface area contributed by atoms with E-state index < -0.39 is 0 Å². The first kappa shape index (κ1) is 32.1. The summed E-state index contributed by atoms with van der Waals surface area (Å²) in [6.07, 6.45) is 0. The maximum atomic E-state index is 7.02. The summed E-state index contributed by atoms with van der Waals surface area (Å²) < 4.78 is 29.2. The number of nitrogens with zero attached hydrogens (tertiary/aromatic N) is 1. The van der Waals surface area contributed by atoms with Crippen LogP contribution < -0.4 is 20.3 Å². The monoisotopic (exact) mass is 767 g/mol. The summed E-state index contributed by atoms with van der Waals surface area (Å²) in [5, 5.41) is 6.68. The van der Waals surface area contributed by atoms with Crippen LogP contribution in [-0.4, -0.2) is 11.5 Å². The van der Waals surface area contributed by atoms with Crippen molar-refractivity contribution in [2.45, 2.75) is 0 Å². The largest absolute Gasteiger partial charge is 0.551 e. The van der Waals surface area contributed by atoms with E-state index >= 15 is 0 Å². The predicted molar refractivity (Wildman–Crippen MR) is 244 cm³/mol. The average Bonchev–Trinajstić information content (AvgIpc) is 3.98. The lowest BCUT2D eigenvalue weighted by Gasteiger charge is -2.33.